The van der Waals surface area contributed by atoms with Crippen molar-refractivity contribution in [3.63, 3.8) is 0 Å². The first kappa shape index (κ1) is 16.3. The first-order chi connectivity index (χ1) is 9.03. The van der Waals surface area contributed by atoms with Gasteiger partial charge < -0.3 is 5.11 Å². The van der Waals surface area contributed by atoms with Gasteiger partial charge in [0.1, 0.15) is 0 Å². The molecular weight excluding hydrogens is 318 g/mol. The molecule has 0 aliphatic heterocycles. The summed E-state index contributed by atoms with van der Waals surface area (Å²) in [7, 11) is -8.84. The van der Waals surface area contributed by atoms with E-state index in [1.807, 2.05) is 0 Å². The summed E-state index contributed by atoms with van der Waals surface area (Å²) in [5, 5.41) is 19.7. The Hall–Kier alpha value is -1.76. The summed E-state index contributed by atoms with van der Waals surface area (Å²) in [5.41, 5.74) is -0.804. The predicted molar refractivity (Wildman–Crippen MR) is 64.3 cm³/mol. The number of phenolic OH excluding ortho intramolecular Hbond substituents is 1. The van der Waals surface area contributed by atoms with Gasteiger partial charge in [-0.3, -0.25) is 14.7 Å². The van der Waals surface area contributed by atoms with E-state index in [0.29, 0.717) is 6.07 Å². The predicted octanol–water partition coefficient (Wildman–Crippen LogP) is -0.107. The number of hydrogen-bond donors (Lipinski definition) is 2. The Balaban J connectivity index is 2.99. The largest absolute Gasteiger partial charge is 0.502 e. The van der Waals surface area contributed by atoms with E-state index in [2.05, 4.69) is 4.18 Å². The van der Waals surface area contributed by atoms with Crippen LogP contribution in [0.15, 0.2) is 23.1 Å². The second-order valence-corrected chi connectivity index (χ2v) is 6.68. The van der Waals surface area contributed by atoms with Crippen LogP contribution in [0.5, 0.6) is 5.75 Å². The SMILES string of the molecule is O=[N+]([O-])c1cc(S(=O)(=O)CCOS(=O)(=O)O)ccc1O. The average molecular weight is 327 g/mol. The van der Waals surface area contributed by atoms with Gasteiger partial charge in [-0.05, 0) is 12.1 Å². The van der Waals surface area contributed by atoms with Crippen LogP contribution in [-0.2, 0) is 24.4 Å². The maximum Gasteiger partial charge on any atom is 0.397 e. The summed E-state index contributed by atoms with van der Waals surface area (Å²) >= 11 is 0. The number of nitro groups is 1. The van der Waals surface area contributed by atoms with Crippen molar-refractivity contribution in [1.29, 1.82) is 0 Å². The molecule has 0 bridgehead atoms. The molecule has 10 nitrogen and oxygen atoms in total. The first-order valence-electron chi connectivity index (χ1n) is 4.85. The lowest BCUT2D eigenvalue weighted by Crippen LogP contribution is -2.15. The van der Waals surface area contributed by atoms with Gasteiger partial charge in [0.25, 0.3) is 0 Å². The van der Waals surface area contributed by atoms with Crippen LogP contribution in [0.3, 0.4) is 0 Å². The second kappa shape index (κ2) is 5.70. The molecule has 1 rings (SSSR count). The molecule has 0 unspecified atom stereocenters. The van der Waals surface area contributed by atoms with Crippen molar-refractivity contribution in [2.24, 2.45) is 0 Å². The van der Waals surface area contributed by atoms with Crippen LogP contribution in [0.2, 0.25) is 0 Å². The number of benzene rings is 1. The van der Waals surface area contributed by atoms with E-state index >= 15 is 0 Å². The fourth-order valence-corrected chi connectivity index (χ4v) is 2.71. The topological polar surface area (TPSA) is 161 Å². The van der Waals surface area contributed by atoms with Crippen molar-refractivity contribution >= 4 is 25.9 Å². The zero-order valence-electron chi connectivity index (χ0n) is 9.66. The van der Waals surface area contributed by atoms with Gasteiger partial charge in [-0.15, -0.1) is 0 Å². The lowest BCUT2D eigenvalue weighted by atomic mass is 10.3. The Bertz CT molecular complexity index is 722. The molecule has 0 fully saturated rings. The van der Waals surface area contributed by atoms with Crippen LogP contribution in [0.1, 0.15) is 0 Å². The van der Waals surface area contributed by atoms with Crippen molar-refractivity contribution in [1.82, 2.24) is 0 Å². The molecule has 0 aliphatic carbocycles. The Morgan fingerprint density at radius 2 is 1.85 bits per heavy atom. The van der Waals surface area contributed by atoms with Gasteiger partial charge in [0.2, 0.25) is 0 Å². The highest BCUT2D eigenvalue weighted by Crippen LogP contribution is 2.28. The summed E-state index contributed by atoms with van der Waals surface area (Å²) in [6.45, 7) is -0.851. The van der Waals surface area contributed by atoms with E-state index in [0.717, 1.165) is 12.1 Å². The lowest BCUT2D eigenvalue weighted by Gasteiger charge is -2.04. The molecular formula is C8H9NO9S2. The molecule has 0 radical (unpaired) electrons. The van der Waals surface area contributed by atoms with Gasteiger partial charge in [0.05, 0.1) is 22.2 Å². The van der Waals surface area contributed by atoms with Crippen LogP contribution in [0.4, 0.5) is 5.69 Å². The molecule has 0 aromatic heterocycles. The maximum atomic E-state index is 11.7. The standard InChI is InChI=1S/C8H9NO9S2/c10-8-2-1-6(5-7(8)9(11)12)19(13,14)4-3-18-20(15,16)17/h1-2,5,10H,3-4H2,(H,15,16,17). The summed E-state index contributed by atoms with van der Waals surface area (Å²) in [5.74, 6) is -1.53. The highest BCUT2D eigenvalue weighted by molar-refractivity contribution is 7.91. The molecule has 0 saturated heterocycles. The van der Waals surface area contributed by atoms with Crippen LogP contribution >= 0.6 is 0 Å². The monoisotopic (exact) mass is 327 g/mol. The minimum absolute atomic E-state index is 0.485. The molecule has 12 heteroatoms. The van der Waals surface area contributed by atoms with Gasteiger partial charge >= 0.3 is 16.1 Å². The molecule has 0 aliphatic rings. The summed E-state index contributed by atoms with van der Waals surface area (Å²) in [6.07, 6.45) is 0. The number of sulfone groups is 1. The smallest absolute Gasteiger partial charge is 0.397 e. The van der Waals surface area contributed by atoms with Gasteiger partial charge in [-0.25, -0.2) is 12.6 Å². The lowest BCUT2D eigenvalue weighted by molar-refractivity contribution is -0.386. The van der Waals surface area contributed by atoms with E-state index in [4.69, 9.17) is 4.55 Å². The number of rotatable bonds is 6. The number of aromatic hydroxyl groups is 1. The number of phenols is 1. The third kappa shape index (κ3) is 4.41. The molecule has 20 heavy (non-hydrogen) atoms. The fraction of sp³-hybridized carbons (Fsp3) is 0.250. The molecule has 0 saturated carbocycles. The zero-order chi connectivity index (χ0) is 15.6. The Morgan fingerprint density at radius 1 is 1.25 bits per heavy atom. The molecule has 112 valence electrons. The van der Waals surface area contributed by atoms with E-state index in [1.54, 1.807) is 0 Å². The molecule has 0 atom stereocenters. The van der Waals surface area contributed by atoms with Crippen LogP contribution < -0.4 is 0 Å². The van der Waals surface area contributed by atoms with E-state index in [-0.39, 0.29) is 0 Å². The van der Waals surface area contributed by atoms with Crippen molar-refractivity contribution in [3.8, 4) is 5.75 Å². The molecule has 1 aromatic carbocycles. The summed E-state index contributed by atoms with van der Waals surface area (Å²) < 4.78 is 56.1. The molecule has 0 spiro atoms. The number of hydrogen-bond acceptors (Lipinski definition) is 8. The van der Waals surface area contributed by atoms with Crippen LogP contribution in [0.25, 0.3) is 0 Å². The average Bonchev–Trinajstić information content (AvgIpc) is 2.26. The van der Waals surface area contributed by atoms with Gasteiger partial charge in [-0.2, -0.15) is 8.42 Å². The summed E-state index contributed by atoms with van der Waals surface area (Å²) in [6, 6.07) is 2.39. The third-order valence-corrected chi connectivity index (χ3v) is 4.23. The normalized spacial score (nSPS) is 12.2. The quantitative estimate of drug-likeness (QED) is 0.412. The van der Waals surface area contributed by atoms with Crippen molar-refractivity contribution in [2.75, 3.05) is 12.4 Å². The van der Waals surface area contributed by atoms with E-state index in [9.17, 15) is 32.1 Å². The van der Waals surface area contributed by atoms with Crippen molar-refractivity contribution in [3.05, 3.63) is 28.3 Å². The first-order valence-corrected chi connectivity index (χ1v) is 7.87. The third-order valence-electron chi connectivity index (χ3n) is 2.09. The van der Waals surface area contributed by atoms with E-state index < -0.39 is 53.9 Å². The van der Waals surface area contributed by atoms with Gasteiger partial charge in [0.15, 0.2) is 15.6 Å². The zero-order valence-corrected chi connectivity index (χ0v) is 11.3. The highest BCUT2D eigenvalue weighted by Gasteiger charge is 2.22. The molecule has 0 amide bonds. The van der Waals surface area contributed by atoms with Crippen molar-refractivity contribution in [2.45, 2.75) is 4.90 Å². The Kier molecular flexibility index (Phi) is 4.65. The van der Waals surface area contributed by atoms with Gasteiger partial charge in [-0.1, -0.05) is 0 Å². The number of nitro benzene ring substituents is 1. The Labute approximate surface area is 113 Å². The molecule has 0 heterocycles. The highest BCUT2D eigenvalue weighted by atomic mass is 32.3. The van der Waals surface area contributed by atoms with Gasteiger partial charge in [0, 0.05) is 6.07 Å². The maximum absolute atomic E-state index is 11.7. The second-order valence-electron chi connectivity index (χ2n) is 3.48. The minimum atomic E-state index is -4.77. The molecule has 1 aromatic rings. The van der Waals surface area contributed by atoms with Crippen LogP contribution in [-0.4, -0.2) is 43.8 Å². The van der Waals surface area contributed by atoms with E-state index in [1.165, 1.54) is 0 Å². The van der Waals surface area contributed by atoms with Crippen molar-refractivity contribution < 1.29 is 35.6 Å². The minimum Gasteiger partial charge on any atom is -0.502 e. The fourth-order valence-electron chi connectivity index (χ4n) is 1.21. The molecule has 2 N–H and O–H groups in total. The summed E-state index contributed by atoms with van der Waals surface area (Å²) in [4.78, 5) is 9.11. The number of nitrogens with zero attached hydrogens (tertiary/aromatic N) is 1. The van der Waals surface area contributed by atoms with Crippen LogP contribution in [0, 0.1) is 10.1 Å². The Morgan fingerprint density at radius 3 is 2.35 bits per heavy atom.